The Morgan fingerprint density at radius 3 is 2.69 bits per heavy atom. The van der Waals surface area contributed by atoms with Crippen LogP contribution in [0.25, 0.3) is 0 Å². The van der Waals surface area contributed by atoms with Crippen LogP contribution in [0, 0.1) is 6.92 Å². The van der Waals surface area contributed by atoms with Crippen LogP contribution in [-0.4, -0.2) is 26.3 Å². The number of thioether (sulfide) groups is 1. The molecular weight excluding hydrogens is 391 g/mol. The zero-order chi connectivity index (χ0) is 18.1. The second kappa shape index (κ2) is 7.31. The van der Waals surface area contributed by atoms with Gasteiger partial charge in [-0.05, 0) is 30.7 Å². The maximum Gasteiger partial charge on any atom is 0.212 e. The lowest BCUT2D eigenvalue weighted by atomic mass is 10.1. The van der Waals surface area contributed by atoms with Crippen molar-refractivity contribution >= 4 is 40.7 Å². The molecule has 0 fully saturated rings. The quantitative estimate of drug-likeness (QED) is 0.624. The summed E-state index contributed by atoms with van der Waals surface area (Å²) in [4.78, 5) is 0. The standard InChI is InChI=1S/C18H14Cl2N4OS/c1-11-2-4-12(5-3-11)15-10-26-18-22-21-17(24(18)23-15)9-25-16-7-6-13(19)8-14(16)20/h2-8H,9-10H2,1H3. The molecule has 0 saturated carbocycles. The van der Waals surface area contributed by atoms with Gasteiger partial charge < -0.3 is 4.74 Å². The largest absolute Gasteiger partial charge is 0.484 e. The van der Waals surface area contributed by atoms with E-state index < -0.39 is 0 Å². The van der Waals surface area contributed by atoms with Gasteiger partial charge in [0.1, 0.15) is 12.4 Å². The summed E-state index contributed by atoms with van der Waals surface area (Å²) in [6.07, 6.45) is 0. The van der Waals surface area contributed by atoms with Crippen LogP contribution in [0.1, 0.15) is 17.0 Å². The molecule has 2 heterocycles. The summed E-state index contributed by atoms with van der Waals surface area (Å²) < 4.78 is 7.50. The molecule has 0 bridgehead atoms. The third-order valence-corrected chi connectivity index (χ3v) is 5.33. The van der Waals surface area contributed by atoms with E-state index in [9.17, 15) is 0 Å². The summed E-state index contributed by atoms with van der Waals surface area (Å²) in [6, 6.07) is 13.4. The fourth-order valence-corrected chi connectivity index (χ4v) is 3.80. The SMILES string of the molecule is Cc1ccc(C2=Nn3c(COc4ccc(Cl)cc4Cl)nnc3SC2)cc1. The summed E-state index contributed by atoms with van der Waals surface area (Å²) in [5.41, 5.74) is 3.29. The molecule has 0 atom stereocenters. The first-order chi connectivity index (χ1) is 12.6. The van der Waals surface area contributed by atoms with Gasteiger partial charge in [-0.25, -0.2) is 0 Å². The van der Waals surface area contributed by atoms with Gasteiger partial charge in [-0.15, -0.1) is 10.2 Å². The smallest absolute Gasteiger partial charge is 0.212 e. The number of benzene rings is 2. The van der Waals surface area contributed by atoms with Crippen molar-refractivity contribution in [3.63, 3.8) is 0 Å². The topological polar surface area (TPSA) is 52.3 Å². The van der Waals surface area contributed by atoms with E-state index in [1.54, 1.807) is 34.6 Å². The Labute approximate surface area is 165 Å². The minimum absolute atomic E-state index is 0.208. The number of halogens is 2. The van der Waals surface area contributed by atoms with Crippen molar-refractivity contribution in [3.05, 3.63) is 69.5 Å². The molecule has 0 spiro atoms. The number of nitrogens with zero attached hydrogens (tertiary/aromatic N) is 4. The Morgan fingerprint density at radius 2 is 1.92 bits per heavy atom. The van der Waals surface area contributed by atoms with Crippen LogP contribution in [0.5, 0.6) is 5.75 Å². The van der Waals surface area contributed by atoms with Gasteiger partial charge in [-0.1, -0.05) is 64.8 Å². The molecule has 1 aliphatic heterocycles. The van der Waals surface area contributed by atoms with Crippen molar-refractivity contribution < 1.29 is 4.74 Å². The Kier molecular flexibility index (Phi) is 4.89. The predicted molar refractivity (Wildman–Crippen MR) is 105 cm³/mol. The normalized spacial score (nSPS) is 13.3. The van der Waals surface area contributed by atoms with Gasteiger partial charge in [0.15, 0.2) is 5.82 Å². The van der Waals surface area contributed by atoms with E-state index in [0.29, 0.717) is 21.6 Å². The summed E-state index contributed by atoms with van der Waals surface area (Å²) in [7, 11) is 0. The number of fused-ring (bicyclic) bond motifs is 1. The van der Waals surface area contributed by atoms with E-state index in [4.69, 9.17) is 33.0 Å². The maximum absolute atomic E-state index is 6.15. The molecule has 0 N–H and O–H groups in total. The van der Waals surface area contributed by atoms with Crippen LogP contribution in [0.2, 0.25) is 10.0 Å². The molecule has 0 amide bonds. The molecule has 26 heavy (non-hydrogen) atoms. The van der Waals surface area contributed by atoms with Gasteiger partial charge >= 0.3 is 0 Å². The second-order valence-electron chi connectivity index (χ2n) is 5.78. The van der Waals surface area contributed by atoms with E-state index >= 15 is 0 Å². The number of ether oxygens (including phenoxy) is 1. The van der Waals surface area contributed by atoms with Gasteiger partial charge in [0, 0.05) is 10.8 Å². The van der Waals surface area contributed by atoms with Crippen LogP contribution in [0.4, 0.5) is 0 Å². The molecule has 0 saturated heterocycles. The van der Waals surface area contributed by atoms with Crippen molar-refractivity contribution in [2.75, 3.05) is 5.75 Å². The molecule has 1 aromatic heterocycles. The lowest BCUT2D eigenvalue weighted by Gasteiger charge is -2.14. The number of aryl methyl sites for hydroxylation is 1. The number of rotatable bonds is 4. The lowest BCUT2D eigenvalue weighted by Crippen LogP contribution is -2.15. The number of hydrogen-bond acceptors (Lipinski definition) is 5. The minimum Gasteiger partial charge on any atom is -0.484 e. The van der Waals surface area contributed by atoms with E-state index in [1.165, 1.54) is 5.56 Å². The highest BCUT2D eigenvalue weighted by Crippen LogP contribution is 2.29. The first kappa shape index (κ1) is 17.4. The average molecular weight is 405 g/mol. The van der Waals surface area contributed by atoms with E-state index in [1.807, 2.05) is 0 Å². The second-order valence-corrected chi connectivity index (χ2v) is 7.56. The number of hydrogen-bond donors (Lipinski definition) is 0. The Hall–Kier alpha value is -2.02. The van der Waals surface area contributed by atoms with Crippen LogP contribution in [-0.2, 0) is 6.61 Å². The first-order valence-corrected chi connectivity index (χ1v) is 9.64. The fraction of sp³-hybridized carbons (Fsp3) is 0.167. The zero-order valence-electron chi connectivity index (χ0n) is 13.8. The van der Waals surface area contributed by atoms with Crippen LogP contribution < -0.4 is 4.74 Å². The molecule has 3 aromatic rings. The monoisotopic (exact) mass is 404 g/mol. The molecule has 2 aromatic carbocycles. The third kappa shape index (κ3) is 3.58. The average Bonchev–Trinajstić information content (AvgIpc) is 3.04. The van der Waals surface area contributed by atoms with Crippen LogP contribution in [0.15, 0.2) is 52.7 Å². The van der Waals surface area contributed by atoms with E-state index in [-0.39, 0.29) is 6.61 Å². The van der Waals surface area contributed by atoms with Gasteiger partial charge in [-0.2, -0.15) is 9.78 Å². The summed E-state index contributed by atoms with van der Waals surface area (Å²) in [5.74, 6) is 1.91. The summed E-state index contributed by atoms with van der Waals surface area (Å²) >= 11 is 13.7. The highest BCUT2D eigenvalue weighted by Gasteiger charge is 2.20. The Balaban J connectivity index is 1.57. The molecule has 5 nitrogen and oxygen atoms in total. The minimum atomic E-state index is 0.208. The molecule has 132 valence electrons. The van der Waals surface area contributed by atoms with Crippen molar-refractivity contribution in [3.8, 4) is 5.75 Å². The van der Waals surface area contributed by atoms with Gasteiger partial charge in [0.05, 0.1) is 10.7 Å². The van der Waals surface area contributed by atoms with Gasteiger partial charge in [0.25, 0.3) is 0 Å². The molecular formula is C18H14Cl2N4OS. The van der Waals surface area contributed by atoms with Crippen LogP contribution >= 0.6 is 35.0 Å². The third-order valence-electron chi connectivity index (χ3n) is 3.87. The maximum atomic E-state index is 6.15. The Morgan fingerprint density at radius 1 is 1.12 bits per heavy atom. The van der Waals surface area contributed by atoms with Crippen molar-refractivity contribution in [1.29, 1.82) is 0 Å². The first-order valence-electron chi connectivity index (χ1n) is 7.90. The van der Waals surface area contributed by atoms with Gasteiger partial charge in [0.2, 0.25) is 5.16 Å². The summed E-state index contributed by atoms with van der Waals surface area (Å²) in [5, 5.41) is 14.8. The van der Waals surface area contributed by atoms with Crippen molar-refractivity contribution in [2.24, 2.45) is 5.10 Å². The molecule has 4 rings (SSSR count). The molecule has 0 aliphatic carbocycles. The van der Waals surface area contributed by atoms with Crippen molar-refractivity contribution in [2.45, 2.75) is 18.7 Å². The van der Waals surface area contributed by atoms with Crippen molar-refractivity contribution in [1.82, 2.24) is 14.9 Å². The Bertz CT molecular complexity index is 985. The molecule has 8 heteroatoms. The molecule has 0 unspecified atom stereocenters. The molecule has 1 aliphatic rings. The highest BCUT2D eigenvalue weighted by molar-refractivity contribution is 7.99. The van der Waals surface area contributed by atoms with E-state index in [2.05, 4.69) is 41.4 Å². The zero-order valence-corrected chi connectivity index (χ0v) is 16.1. The lowest BCUT2D eigenvalue weighted by molar-refractivity contribution is 0.290. The highest BCUT2D eigenvalue weighted by atomic mass is 35.5. The predicted octanol–water partition coefficient (Wildman–Crippen LogP) is 4.83. The fourth-order valence-electron chi connectivity index (χ4n) is 2.48. The van der Waals surface area contributed by atoms with Crippen LogP contribution in [0.3, 0.4) is 0 Å². The molecule has 0 radical (unpaired) electrons. The number of aromatic nitrogens is 3. The summed E-state index contributed by atoms with van der Waals surface area (Å²) in [6.45, 7) is 2.27. The van der Waals surface area contributed by atoms with E-state index in [0.717, 1.165) is 22.2 Å². The van der Waals surface area contributed by atoms with Gasteiger partial charge in [-0.3, -0.25) is 0 Å².